The Bertz CT molecular complexity index is 1340. The van der Waals surface area contributed by atoms with Crippen molar-refractivity contribution >= 4 is 11.8 Å². The lowest BCUT2D eigenvalue weighted by atomic mass is 9.45. The summed E-state index contributed by atoms with van der Waals surface area (Å²) in [7, 11) is 0. The van der Waals surface area contributed by atoms with Gasteiger partial charge in [0.2, 0.25) is 0 Å². The van der Waals surface area contributed by atoms with E-state index in [-0.39, 0.29) is 23.2 Å². The molecule has 2 aromatic carbocycles. The lowest BCUT2D eigenvalue weighted by molar-refractivity contribution is -0.284. The maximum absolute atomic E-state index is 13.0. The molecule has 0 aromatic heterocycles. The summed E-state index contributed by atoms with van der Waals surface area (Å²) in [6.07, 6.45) is 2.84. The standard InChI is InChI=1S/C36H45F5O3S/c1-32-23-29(31-28-12-9-26(42)22-25(28)8-13-30(31)33(32)15-17-34(32,43)18-16-33)24-6-10-27(11-7-24)44-19-3-2-4-20-45-21-5-14-35(37,38)36(39,40)41/h6-7,9-12,22,29-31,42-43H,2-5,8,13-21,23H2,1H3/t29-,30-,31+,32+,33-,34+/m1/s1. The molecule has 2 bridgehead atoms. The molecule has 0 radical (unpaired) electrons. The van der Waals surface area contributed by atoms with Crippen LogP contribution in [0.15, 0.2) is 42.5 Å². The monoisotopic (exact) mass is 652 g/mol. The Morgan fingerprint density at radius 2 is 1.62 bits per heavy atom. The van der Waals surface area contributed by atoms with E-state index in [9.17, 15) is 32.2 Å². The first-order valence-electron chi connectivity index (χ1n) is 16.6. The van der Waals surface area contributed by atoms with Gasteiger partial charge in [-0.1, -0.05) is 25.1 Å². The summed E-state index contributed by atoms with van der Waals surface area (Å²) in [5.41, 5.74) is 3.37. The highest BCUT2D eigenvalue weighted by Gasteiger charge is 2.74. The predicted molar refractivity (Wildman–Crippen MR) is 167 cm³/mol. The van der Waals surface area contributed by atoms with E-state index < -0.39 is 24.1 Å². The van der Waals surface area contributed by atoms with E-state index in [1.54, 1.807) is 0 Å². The van der Waals surface area contributed by atoms with Crippen LogP contribution in [0.3, 0.4) is 0 Å². The second-order valence-electron chi connectivity index (χ2n) is 14.3. The zero-order chi connectivity index (χ0) is 32.1. The Morgan fingerprint density at radius 1 is 0.911 bits per heavy atom. The number of unbranched alkanes of at least 4 members (excludes halogenated alkanes) is 2. The van der Waals surface area contributed by atoms with Crippen molar-refractivity contribution in [3.05, 3.63) is 59.2 Å². The number of ether oxygens (including phenoxy) is 1. The molecule has 45 heavy (non-hydrogen) atoms. The molecule has 4 atom stereocenters. The first kappa shape index (κ1) is 32.9. The number of thioether (sulfide) groups is 1. The highest BCUT2D eigenvalue weighted by molar-refractivity contribution is 7.99. The Hall–Kier alpha value is -2.00. The topological polar surface area (TPSA) is 49.7 Å². The van der Waals surface area contributed by atoms with Crippen LogP contribution < -0.4 is 4.74 Å². The van der Waals surface area contributed by atoms with Gasteiger partial charge in [0, 0.05) is 11.8 Å². The lowest BCUT2D eigenvalue weighted by Gasteiger charge is -2.59. The summed E-state index contributed by atoms with van der Waals surface area (Å²) >= 11 is 1.42. The number of halogens is 5. The number of hydrogen-bond donors (Lipinski definition) is 2. The average Bonchev–Trinajstić information content (AvgIpc) is 3.37. The molecular formula is C36H45F5O3S. The number of aliphatic hydroxyl groups is 1. The zero-order valence-electron chi connectivity index (χ0n) is 26.0. The van der Waals surface area contributed by atoms with E-state index in [0.717, 1.165) is 75.7 Å². The van der Waals surface area contributed by atoms with Crippen LogP contribution in [0.4, 0.5) is 22.0 Å². The molecule has 6 rings (SSSR count). The average molecular weight is 653 g/mol. The van der Waals surface area contributed by atoms with Crippen LogP contribution in [0.1, 0.15) is 106 Å². The van der Waals surface area contributed by atoms with E-state index in [1.165, 1.54) is 28.5 Å². The van der Waals surface area contributed by atoms with Crippen molar-refractivity contribution in [2.75, 3.05) is 18.1 Å². The molecule has 3 fully saturated rings. The van der Waals surface area contributed by atoms with Crippen molar-refractivity contribution in [2.24, 2.45) is 16.7 Å². The van der Waals surface area contributed by atoms with Crippen LogP contribution in [0.25, 0.3) is 0 Å². The molecule has 2 N–H and O–H groups in total. The Morgan fingerprint density at radius 3 is 2.33 bits per heavy atom. The molecule has 0 saturated heterocycles. The summed E-state index contributed by atoms with van der Waals surface area (Å²) in [6, 6.07) is 14.4. The molecule has 0 aliphatic heterocycles. The Kier molecular flexibility index (Phi) is 8.94. The van der Waals surface area contributed by atoms with E-state index >= 15 is 0 Å². The fourth-order valence-electron chi connectivity index (χ4n) is 9.82. The normalized spacial score (nSPS) is 32.2. The Balaban J connectivity index is 1.03. The third-order valence-corrected chi connectivity index (χ3v) is 13.4. The van der Waals surface area contributed by atoms with Gasteiger partial charge in [-0.25, -0.2) is 0 Å². The SMILES string of the molecule is C[C@]12C[C@H](c3ccc(OCCCCCSCCCC(F)(F)C(F)(F)F)cc3)[C@@H]3c4ccc(O)cc4CC[C@H]3[C@]13CC[C@]2(O)CC3. The van der Waals surface area contributed by atoms with Crippen LogP contribution in [-0.2, 0) is 6.42 Å². The van der Waals surface area contributed by atoms with Crippen molar-refractivity contribution in [1.82, 2.24) is 0 Å². The van der Waals surface area contributed by atoms with Gasteiger partial charge in [0.25, 0.3) is 0 Å². The third kappa shape index (κ3) is 5.76. The maximum atomic E-state index is 13.0. The lowest BCUT2D eigenvalue weighted by Crippen LogP contribution is -2.54. The third-order valence-electron chi connectivity index (χ3n) is 12.2. The van der Waals surface area contributed by atoms with E-state index in [2.05, 4.69) is 25.1 Å². The molecule has 248 valence electrons. The molecule has 2 aromatic rings. The van der Waals surface area contributed by atoms with Crippen molar-refractivity contribution in [2.45, 2.75) is 114 Å². The molecule has 0 spiro atoms. The number of benzene rings is 2. The van der Waals surface area contributed by atoms with Crippen LogP contribution in [-0.4, -0.2) is 46.0 Å². The molecule has 9 heteroatoms. The number of phenolic OH excluding ortho intramolecular Hbond substituents is 1. The number of alkyl halides is 5. The Labute approximate surface area is 267 Å². The number of hydrogen-bond acceptors (Lipinski definition) is 4. The van der Waals surface area contributed by atoms with Crippen LogP contribution in [0.2, 0.25) is 0 Å². The second-order valence-corrected chi connectivity index (χ2v) is 15.5. The molecule has 4 aliphatic rings. The number of rotatable bonds is 12. The van der Waals surface area contributed by atoms with Gasteiger partial charge in [-0.3, -0.25) is 0 Å². The predicted octanol–water partition coefficient (Wildman–Crippen LogP) is 9.80. The largest absolute Gasteiger partial charge is 0.508 e. The molecule has 0 amide bonds. The fraction of sp³-hybridized carbons (Fsp3) is 0.667. The van der Waals surface area contributed by atoms with Gasteiger partial charge in [-0.15, -0.1) is 0 Å². The van der Waals surface area contributed by atoms with Crippen molar-refractivity contribution in [1.29, 1.82) is 0 Å². The van der Waals surface area contributed by atoms with Gasteiger partial charge in [0.05, 0.1) is 12.2 Å². The minimum Gasteiger partial charge on any atom is -0.508 e. The minimum atomic E-state index is -5.47. The van der Waals surface area contributed by atoms with Gasteiger partial charge in [-0.2, -0.15) is 33.7 Å². The molecule has 0 heterocycles. The summed E-state index contributed by atoms with van der Waals surface area (Å²) < 4.78 is 68.7. The minimum absolute atomic E-state index is 0.109. The zero-order valence-corrected chi connectivity index (χ0v) is 26.8. The fourth-order valence-corrected chi connectivity index (χ4v) is 10.8. The molecule has 3 nitrogen and oxygen atoms in total. The first-order valence-corrected chi connectivity index (χ1v) is 17.8. The summed E-state index contributed by atoms with van der Waals surface area (Å²) in [6.45, 7) is 2.92. The first-order chi connectivity index (χ1) is 21.3. The highest BCUT2D eigenvalue weighted by Crippen LogP contribution is 2.79. The van der Waals surface area contributed by atoms with Crippen LogP contribution >= 0.6 is 11.8 Å². The van der Waals surface area contributed by atoms with Crippen molar-refractivity contribution in [3.8, 4) is 11.5 Å². The van der Waals surface area contributed by atoms with Crippen LogP contribution in [0, 0.1) is 16.7 Å². The second kappa shape index (κ2) is 12.2. The molecule has 0 unspecified atom stereocenters. The summed E-state index contributed by atoms with van der Waals surface area (Å²) in [4.78, 5) is 0. The quantitative estimate of drug-likeness (QED) is 0.177. The van der Waals surface area contributed by atoms with Gasteiger partial charge in [0.15, 0.2) is 0 Å². The highest BCUT2D eigenvalue weighted by atomic mass is 32.2. The molecule has 3 saturated carbocycles. The van der Waals surface area contributed by atoms with Crippen molar-refractivity contribution in [3.63, 3.8) is 0 Å². The summed E-state index contributed by atoms with van der Waals surface area (Å²) in [5.74, 6) is -1.32. The van der Waals surface area contributed by atoms with Gasteiger partial charge >= 0.3 is 12.1 Å². The summed E-state index contributed by atoms with van der Waals surface area (Å²) in [5, 5.41) is 22.1. The number of fused-ring (bicyclic) bond motifs is 3. The van der Waals surface area contributed by atoms with Crippen molar-refractivity contribution < 1.29 is 36.9 Å². The smallest absolute Gasteiger partial charge is 0.453 e. The van der Waals surface area contributed by atoms with Gasteiger partial charge < -0.3 is 14.9 Å². The van der Waals surface area contributed by atoms with E-state index in [0.29, 0.717) is 29.9 Å². The van der Waals surface area contributed by atoms with E-state index in [1.807, 2.05) is 24.3 Å². The van der Waals surface area contributed by atoms with E-state index in [4.69, 9.17) is 4.74 Å². The number of aryl methyl sites for hydroxylation is 1. The van der Waals surface area contributed by atoms with Gasteiger partial charge in [0.1, 0.15) is 11.5 Å². The molecule has 4 aliphatic carbocycles. The number of aromatic hydroxyl groups is 1. The number of phenols is 1. The maximum Gasteiger partial charge on any atom is 0.453 e. The van der Waals surface area contributed by atoms with Gasteiger partial charge in [-0.05, 0) is 146 Å². The molecular weight excluding hydrogens is 607 g/mol. The van der Waals surface area contributed by atoms with Crippen LogP contribution in [0.5, 0.6) is 11.5 Å².